The van der Waals surface area contributed by atoms with Crippen LogP contribution in [0.2, 0.25) is 0 Å². The van der Waals surface area contributed by atoms with Gasteiger partial charge in [-0.2, -0.15) is 0 Å². The summed E-state index contributed by atoms with van der Waals surface area (Å²) in [6.07, 6.45) is 3.53. The summed E-state index contributed by atoms with van der Waals surface area (Å²) in [5.41, 5.74) is 0. The lowest BCUT2D eigenvalue weighted by molar-refractivity contribution is 0.126. The number of ether oxygens (including phenoxy) is 2. The summed E-state index contributed by atoms with van der Waals surface area (Å²) < 4.78 is 10.8. The van der Waals surface area contributed by atoms with Gasteiger partial charge in [0.15, 0.2) is 0 Å². The number of nitrogens with one attached hydrogen (secondary N) is 1. The number of rotatable bonds is 12. The summed E-state index contributed by atoms with van der Waals surface area (Å²) >= 11 is 0. The van der Waals surface area contributed by atoms with E-state index in [1.54, 1.807) is 0 Å². The molecule has 0 atom stereocenters. The van der Waals surface area contributed by atoms with Crippen molar-refractivity contribution in [2.75, 3.05) is 39.5 Å². The first kappa shape index (κ1) is 15.9. The predicted octanol–water partition coefficient (Wildman–Crippen LogP) is 2.46. The van der Waals surface area contributed by atoms with Gasteiger partial charge in [-0.3, -0.25) is 0 Å². The lowest BCUT2D eigenvalue weighted by atomic mass is 10.1. The second-order valence-corrected chi connectivity index (χ2v) is 4.45. The zero-order chi connectivity index (χ0) is 12.1. The molecule has 0 rings (SSSR count). The van der Waals surface area contributed by atoms with Gasteiger partial charge in [0.2, 0.25) is 0 Å². The highest BCUT2D eigenvalue weighted by Crippen LogP contribution is 2.02. The van der Waals surface area contributed by atoms with Gasteiger partial charge in [0.05, 0.1) is 6.61 Å². The Bertz CT molecular complexity index is 129. The van der Waals surface area contributed by atoms with Crippen LogP contribution < -0.4 is 5.32 Å². The van der Waals surface area contributed by atoms with E-state index in [1.807, 2.05) is 6.92 Å². The van der Waals surface area contributed by atoms with Gasteiger partial charge < -0.3 is 14.8 Å². The molecule has 98 valence electrons. The maximum Gasteiger partial charge on any atom is 0.0590 e. The molecule has 0 heterocycles. The van der Waals surface area contributed by atoms with Crippen LogP contribution in [0.25, 0.3) is 0 Å². The van der Waals surface area contributed by atoms with Crippen LogP contribution >= 0.6 is 0 Å². The summed E-state index contributed by atoms with van der Waals surface area (Å²) in [4.78, 5) is 0. The zero-order valence-corrected chi connectivity index (χ0v) is 11.3. The van der Waals surface area contributed by atoms with Gasteiger partial charge in [-0.15, -0.1) is 0 Å². The zero-order valence-electron chi connectivity index (χ0n) is 11.3. The molecule has 0 fully saturated rings. The van der Waals surface area contributed by atoms with Crippen LogP contribution in [0, 0.1) is 5.92 Å². The fourth-order valence-electron chi connectivity index (χ4n) is 1.41. The third-order valence-electron chi connectivity index (χ3n) is 2.34. The van der Waals surface area contributed by atoms with Gasteiger partial charge >= 0.3 is 0 Å². The van der Waals surface area contributed by atoms with E-state index in [0.717, 1.165) is 51.9 Å². The Labute approximate surface area is 101 Å². The van der Waals surface area contributed by atoms with Crippen molar-refractivity contribution in [1.29, 1.82) is 0 Å². The Hall–Kier alpha value is -0.120. The molecule has 16 heavy (non-hydrogen) atoms. The molecule has 0 amide bonds. The highest BCUT2D eigenvalue weighted by molar-refractivity contribution is 4.48. The quantitative estimate of drug-likeness (QED) is 0.523. The van der Waals surface area contributed by atoms with Crippen molar-refractivity contribution in [3.63, 3.8) is 0 Å². The Morgan fingerprint density at radius 3 is 2.38 bits per heavy atom. The summed E-state index contributed by atoms with van der Waals surface area (Å²) in [6, 6.07) is 0. The summed E-state index contributed by atoms with van der Waals surface area (Å²) in [7, 11) is 0. The first-order valence-corrected chi connectivity index (χ1v) is 6.63. The highest BCUT2D eigenvalue weighted by Gasteiger charge is 1.94. The lowest BCUT2D eigenvalue weighted by Crippen LogP contribution is -2.22. The van der Waals surface area contributed by atoms with Crippen molar-refractivity contribution in [1.82, 2.24) is 5.32 Å². The fraction of sp³-hybridized carbons (Fsp3) is 1.00. The molecule has 0 radical (unpaired) electrons. The third kappa shape index (κ3) is 13.9. The maximum absolute atomic E-state index is 5.52. The van der Waals surface area contributed by atoms with Gasteiger partial charge in [-0.05, 0) is 38.6 Å². The lowest BCUT2D eigenvalue weighted by Gasteiger charge is -2.07. The Kier molecular flexibility index (Phi) is 12.9. The molecule has 3 nitrogen and oxygen atoms in total. The third-order valence-corrected chi connectivity index (χ3v) is 2.34. The molecule has 0 aliphatic heterocycles. The average molecular weight is 231 g/mol. The maximum atomic E-state index is 5.52. The van der Waals surface area contributed by atoms with Crippen molar-refractivity contribution >= 4 is 0 Å². The molecule has 0 aliphatic rings. The minimum atomic E-state index is 0.792. The molecule has 0 saturated carbocycles. The van der Waals surface area contributed by atoms with Crippen LogP contribution in [-0.4, -0.2) is 39.5 Å². The van der Waals surface area contributed by atoms with Crippen molar-refractivity contribution in [3.05, 3.63) is 0 Å². The summed E-state index contributed by atoms with van der Waals surface area (Å²) in [5, 5.41) is 3.34. The van der Waals surface area contributed by atoms with E-state index in [-0.39, 0.29) is 0 Å². The summed E-state index contributed by atoms with van der Waals surface area (Å²) in [6.45, 7) is 11.9. The van der Waals surface area contributed by atoms with E-state index in [9.17, 15) is 0 Å². The van der Waals surface area contributed by atoms with E-state index in [4.69, 9.17) is 9.47 Å². The first-order valence-electron chi connectivity index (χ1n) is 6.63. The molecule has 0 aromatic carbocycles. The van der Waals surface area contributed by atoms with Crippen LogP contribution in [0.4, 0.5) is 0 Å². The van der Waals surface area contributed by atoms with E-state index in [1.165, 1.54) is 12.8 Å². The standard InChI is InChI=1S/C13H29NO2/c1-4-15-11-6-8-14-9-12-16-10-5-7-13(2)3/h13-14H,4-12H2,1-3H3. The molecule has 0 aromatic rings. The van der Waals surface area contributed by atoms with Crippen molar-refractivity contribution in [2.45, 2.75) is 40.0 Å². The van der Waals surface area contributed by atoms with Crippen LogP contribution in [0.3, 0.4) is 0 Å². The first-order chi connectivity index (χ1) is 7.77. The van der Waals surface area contributed by atoms with Gasteiger partial charge in [-0.25, -0.2) is 0 Å². The minimum Gasteiger partial charge on any atom is -0.382 e. The normalized spacial score (nSPS) is 11.2. The van der Waals surface area contributed by atoms with Crippen LogP contribution in [-0.2, 0) is 9.47 Å². The Morgan fingerprint density at radius 2 is 1.69 bits per heavy atom. The molecule has 0 aliphatic carbocycles. The van der Waals surface area contributed by atoms with E-state index < -0.39 is 0 Å². The van der Waals surface area contributed by atoms with Crippen molar-refractivity contribution in [2.24, 2.45) is 5.92 Å². The van der Waals surface area contributed by atoms with Gasteiger partial charge in [0.25, 0.3) is 0 Å². The van der Waals surface area contributed by atoms with Crippen LogP contribution in [0.1, 0.15) is 40.0 Å². The fourth-order valence-corrected chi connectivity index (χ4v) is 1.41. The van der Waals surface area contributed by atoms with Crippen molar-refractivity contribution < 1.29 is 9.47 Å². The molecule has 0 saturated heterocycles. The summed E-state index contributed by atoms with van der Waals surface area (Å²) in [5.74, 6) is 0.792. The molecular formula is C13H29NO2. The van der Waals surface area contributed by atoms with Crippen LogP contribution in [0.15, 0.2) is 0 Å². The molecule has 1 N–H and O–H groups in total. The van der Waals surface area contributed by atoms with Gasteiger partial charge in [0.1, 0.15) is 0 Å². The molecule has 0 unspecified atom stereocenters. The van der Waals surface area contributed by atoms with Gasteiger partial charge in [-0.1, -0.05) is 13.8 Å². The molecule has 0 aromatic heterocycles. The smallest absolute Gasteiger partial charge is 0.0590 e. The monoisotopic (exact) mass is 231 g/mol. The van der Waals surface area contributed by atoms with Crippen LogP contribution in [0.5, 0.6) is 0 Å². The van der Waals surface area contributed by atoms with E-state index >= 15 is 0 Å². The van der Waals surface area contributed by atoms with Gasteiger partial charge in [0, 0.05) is 26.4 Å². The number of hydrogen-bond donors (Lipinski definition) is 1. The number of hydrogen-bond acceptors (Lipinski definition) is 3. The highest BCUT2D eigenvalue weighted by atomic mass is 16.5. The second-order valence-electron chi connectivity index (χ2n) is 4.45. The Morgan fingerprint density at radius 1 is 0.938 bits per heavy atom. The van der Waals surface area contributed by atoms with E-state index in [2.05, 4.69) is 19.2 Å². The van der Waals surface area contributed by atoms with Crippen molar-refractivity contribution in [3.8, 4) is 0 Å². The molecule has 3 heteroatoms. The topological polar surface area (TPSA) is 30.5 Å². The Balaban J connectivity index is 2.88. The second kappa shape index (κ2) is 12.9. The van der Waals surface area contributed by atoms with E-state index in [0.29, 0.717) is 0 Å². The predicted molar refractivity (Wildman–Crippen MR) is 68.9 cm³/mol. The largest absolute Gasteiger partial charge is 0.382 e. The SMILES string of the molecule is CCOCCCNCCOCCCC(C)C. The molecule has 0 bridgehead atoms. The molecular weight excluding hydrogens is 202 g/mol. The average Bonchev–Trinajstić information content (AvgIpc) is 2.25. The minimum absolute atomic E-state index is 0.792. The molecule has 0 spiro atoms.